The Kier molecular flexibility index (Phi) is 7.45. The summed E-state index contributed by atoms with van der Waals surface area (Å²) in [5.41, 5.74) is 5.05. The number of anilines is 2. The molecule has 9 nitrogen and oxygen atoms in total. The van der Waals surface area contributed by atoms with Crippen molar-refractivity contribution >= 4 is 28.3 Å². The number of carbonyl (C=O) groups is 1. The van der Waals surface area contributed by atoms with Crippen LogP contribution in [0.25, 0.3) is 22.3 Å². The summed E-state index contributed by atoms with van der Waals surface area (Å²) < 4.78 is 12.6. The lowest BCUT2D eigenvalue weighted by Gasteiger charge is -2.26. The molecule has 2 aromatic carbocycles. The first-order valence-electron chi connectivity index (χ1n) is 11.6. The molecule has 1 amide bonds. The van der Waals surface area contributed by atoms with Crippen molar-refractivity contribution in [3.05, 3.63) is 55.0 Å². The zero-order valence-corrected chi connectivity index (χ0v) is 20.5. The molecule has 182 valence electrons. The number of ether oxygens (including phenoxy) is 2. The average molecular weight is 475 g/mol. The Morgan fingerprint density at radius 3 is 2.49 bits per heavy atom. The van der Waals surface area contributed by atoms with Crippen molar-refractivity contribution in [1.29, 1.82) is 0 Å². The van der Waals surface area contributed by atoms with Gasteiger partial charge in [0.25, 0.3) is 0 Å². The van der Waals surface area contributed by atoms with Gasteiger partial charge in [0.05, 0.1) is 43.3 Å². The Bertz CT molecular complexity index is 1300. The lowest BCUT2D eigenvalue weighted by Crippen LogP contribution is -2.23. The molecule has 0 saturated heterocycles. The van der Waals surface area contributed by atoms with Crippen LogP contribution in [0.2, 0.25) is 0 Å². The van der Waals surface area contributed by atoms with Gasteiger partial charge in [-0.2, -0.15) is 5.10 Å². The molecule has 0 radical (unpaired) electrons. The number of methoxy groups -OCH3 is 2. The summed E-state index contributed by atoms with van der Waals surface area (Å²) in [7, 11) is 4.91. The van der Waals surface area contributed by atoms with Gasteiger partial charge in [0, 0.05) is 54.9 Å². The molecule has 35 heavy (non-hydrogen) atoms. The van der Waals surface area contributed by atoms with Gasteiger partial charge in [-0.1, -0.05) is 13.3 Å². The number of hydrogen-bond donors (Lipinski definition) is 1. The Hall–Kier alpha value is -4.14. The van der Waals surface area contributed by atoms with E-state index in [0.29, 0.717) is 5.69 Å². The average Bonchev–Trinajstić information content (AvgIpc) is 3.36. The predicted octanol–water partition coefficient (Wildman–Crippen LogP) is 4.19. The van der Waals surface area contributed by atoms with Gasteiger partial charge in [-0.3, -0.25) is 14.5 Å². The second-order valence-corrected chi connectivity index (χ2v) is 8.10. The first-order valence-corrected chi connectivity index (χ1v) is 11.6. The van der Waals surface area contributed by atoms with E-state index >= 15 is 0 Å². The molecule has 0 bridgehead atoms. The van der Waals surface area contributed by atoms with Crippen LogP contribution >= 0.6 is 0 Å². The molecule has 0 aliphatic carbocycles. The highest BCUT2D eigenvalue weighted by Gasteiger charge is 2.14. The Morgan fingerprint density at radius 1 is 1.03 bits per heavy atom. The molecule has 0 fully saturated rings. The van der Waals surface area contributed by atoms with E-state index in [1.165, 1.54) is 0 Å². The van der Waals surface area contributed by atoms with Crippen LogP contribution in [0.5, 0.6) is 11.5 Å². The zero-order valence-electron chi connectivity index (χ0n) is 20.5. The Morgan fingerprint density at radius 2 is 1.80 bits per heavy atom. The number of rotatable bonds is 10. The summed E-state index contributed by atoms with van der Waals surface area (Å²) in [6.45, 7) is 3.16. The van der Waals surface area contributed by atoms with E-state index in [1.807, 2.05) is 30.3 Å². The van der Waals surface area contributed by atoms with Crippen molar-refractivity contribution < 1.29 is 14.3 Å². The molecule has 9 heteroatoms. The van der Waals surface area contributed by atoms with Crippen LogP contribution < -0.4 is 19.7 Å². The van der Waals surface area contributed by atoms with Gasteiger partial charge >= 0.3 is 0 Å². The van der Waals surface area contributed by atoms with Gasteiger partial charge in [0.1, 0.15) is 18.0 Å². The molecule has 2 heterocycles. The lowest BCUT2D eigenvalue weighted by molar-refractivity contribution is -0.121. The van der Waals surface area contributed by atoms with Crippen molar-refractivity contribution in [3.63, 3.8) is 0 Å². The SMILES string of the molecule is CCCCN(c1cc(OC)cc(OC)c1)c1ccc2ncc(-c3cnn(CC(=O)NC)c3)nc2c1. The van der Waals surface area contributed by atoms with Gasteiger partial charge in [-0.25, -0.2) is 4.98 Å². The first-order chi connectivity index (χ1) is 17.0. The molecule has 0 saturated carbocycles. The van der Waals surface area contributed by atoms with E-state index < -0.39 is 0 Å². The summed E-state index contributed by atoms with van der Waals surface area (Å²) in [4.78, 5) is 23.3. The van der Waals surface area contributed by atoms with Gasteiger partial charge in [-0.05, 0) is 24.6 Å². The summed E-state index contributed by atoms with van der Waals surface area (Å²) >= 11 is 0. The maximum absolute atomic E-state index is 11.7. The smallest absolute Gasteiger partial charge is 0.241 e. The normalized spacial score (nSPS) is 10.9. The molecule has 0 aliphatic heterocycles. The molecule has 0 aliphatic rings. The van der Waals surface area contributed by atoms with Gasteiger partial charge in [0.2, 0.25) is 5.91 Å². The van der Waals surface area contributed by atoms with Crippen molar-refractivity contribution in [3.8, 4) is 22.8 Å². The summed E-state index contributed by atoms with van der Waals surface area (Å²) in [5.74, 6) is 1.35. The topological polar surface area (TPSA) is 94.4 Å². The number of hydrogen-bond acceptors (Lipinski definition) is 7. The van der Waals surface area contributed by atoms with E-state index in [4.69, 9.17) is 14.5 Å². The third-order valence-corrected chi connectivity index (χ3v) is 5.73. The summed E-state index contributed by atoms with van der Waals surface area (Å²) in [6.07, 6.45) is 7.30. The number of nitrogens with one attached hydrogen (secondary N) is 1. The second-order valence-electron chi connectivity index (χ2n) is 8.10. The first kappa shape index (κ1) is 24.0. The maximum Gasteiger partial charge on any atom is 0.241 e. The Balaban J connectivity index is 1.71. The molecule has 0 unspecified atom stereocenters. The van der Waals surface area contributed by atoms with Crippen LogP contribution in [-0.2, 0) is 11.3 Å². The number of benzene rings is 2. The number of likely N-dealkylation sites (N-methyl/N-ethyl adjacent to an activating group) is 1. The summed E-state index contributed by atoms with van der Waals surface area (Å²) in [6, 6.07) is 12.0. The fraction of sp³-hybridized carbons (Fsp3) is 0.308. The fourth-order valence-electron chi connectivity index (χ4n) is 3.79. The highest BCUT2D eigenvalue weighted by molar-refractivity contribution is 5.83. The van der Waals surface area contributed by atoms with Gasteiger partial charge in [0.15, 0.2) is 0 Å². The van der Waals surface area contributed by atoms with E-state index in [2.05, 4.69) is 33.3 Å². The molecule has 4 aromatic rings. The lowest BCUT2D eigenvalue weighted by atomic mass is 10.1. The molecular weight excluding hydrogens is 444 g/mol. The van der Waals surface area contributed by atoms with Gasteiger partial charge < -0.3 is 19.7 Å². The third-order valence-electron chi connectivity index (χ3n) is 5.73. The van der Waals surface area contributed by atoms with E-state index in [9.17, 15) is 4.79 Å². The van der Waals surface area contributed by atoms with Crippen molar-refractivity contribution in [2.45, 2.75) is 26.3 Å². The van der Waals surface area contributed by atoms with Crippen molar-refractivity contribution in [2.24, 2.45) is 0 Å². The van der Waals surface area contributed by atoms with Crippen LogP contribution in [-0.4, -0.2) is 53.5 Å². The summed E-state index contributed by atoms with van der Waals surface area (Å²) in [5, 5.41) is 6.87. The largest absolute Gasteiger partial charge is 0.497 e. The van der Waals surface area contributed by atoms with Crippen LogP contribution in [0.4, 0.5) is 11.4 Å². The van der Waals surface area contributed by atoms with Gasteiger partial charge in [-0.15, -0.1) is 0 Å². The minimum absolute atomic E-state index is 0.116. The number of fused-ring (bicyclic) bond motifs is 1. The van der Waals surface area contributed by atoms with Crippen molar-refractivity contribution in [2.75, 3.05) is 32.7 Å². The minimum Gasteiger partial charge on any atom is -0.497 e. The molecule has 0 spiro atoms. The van der Waals surface area contributed by atoms with E-state index in [1.54, 1.807) is 44.5 Å². The molecule has 0 atom stereocenters. The van der Waals surface area contributed by atoms with Crippen LogP contribution in [0.1, 0.15) is 19.8 Å². The fourth-order valence-corrected chi connectivity index (χ4v) is 3.79. The van der Waals surface area contributed by atoms with Crippen LogP contribution in [0.15, 0.2) is 55.0 Å². The zero-order chi connectivity index (χ0) is 24.8. The predicted molar refractivity (Wildman–Crippen MR) is 136 cm³/mol. The van der Waals surface area contributed by atoms with E-state index in [0.717, 1.165) is 58.9 Å². The van der Waals surface area contributed by atoms with E-state index in [-0.39, 0.29) is 12.5 Å². The second kappa shape index (κ2) is 10.9. The minimum atomic E-state index is -0.116. The monoisotopic (exact) mass is 474 g/mol. The molecule has 4 rings (SSSR count). The molecule has 2 aromatic heterocycles. The van der Waals surface area contributed by atoms with Crippen LogP contribution in [0, 0.1) is 0 Å². The number of carbonyl (C=O) groups excluding carboxylic acids is 1. The quantitative estimate of drug-likeness (QED) is 0.368. The van der Waals surface area contributed by atoms with Crippen molar-refractivity contribution in [1.82, 2.24) is 25.1 Å². The third kappa shape index (κ3) is 5.51. The Labute approximate surface area is 204 Å². The van der Waals surface area contributed by atoms with Crippen LogP contribution in [0.3, 0.4) is 0 Å². The molecular formula is C26H30N6O3. The highest BCUT2D eigenvalue weighted by Crippen LogP contribution is 2.34. The number of aromatic nitrogens is 4. The number of unbranched alkanes of at least 4 members (excludes halogenated alkanes) is 1. The molecule has 1 N–H and O–H groups in total. The standard InChI is InChI=1S/C26H30N6O3/c1-5-6-9-32(20-10-21(34-3)13-22(11-20)35-4)19-7-8-23-24(12-19)30-25(15-28-23)18-14-29-31(16-18)17-26(33)27-2/h7-8,10-16H,5-6,9,17H2,1-4H3,(H,27,33). The number of nitrogens with zero attached hydrogens (tertiary/aromatic N) is 5. The maximum atomic E-state index is 11.7. The number of amides is 1. The highest BCUT2D eigenvalue weighted by atomic mass is 16.5.